The number of amides is 1. The van der Waals surface area contributed by atoms with Crippen LogP contribution in [0.25, 0.3) is 0 Å². The van der Waals surface area contributed by atoms with E-state index >= 15 is 0 Å². The van der Waals surface area contributed by atoms with Gasteiger partial charge < -0.3 is 10.1 Å². The molecule has 1 aromatic rings. The van der Waals surface area contributed by atoms with Crippen LogP contribution in [-0.4, -0.2) is 28.0 Å². The van der Waals surface area contributed by atoms with Gasteiger partial charge in [0.2, 0.25) is 5.91 Å². The first-order valence-corrected chi connectivity index (χ1v) is 8.65. The fraction of sp³-hybridized carbons (Fsp3) is 0.706. The third kappa shape index (κ3) is 4.62. The van der Waals surface area contributed by atoms with Crippen LogP contribution in [0.3, 0.4) is 0 Å². The second kappa shape index (κ2) is 7.70. The maximum absolute atomic E-state index is 12.8. The van der Waals surface area contributed by atoms with Crippen molar-refractivity contribution in [2.45, 2.75) is 69.9 Å². The van der Waals surface area contributed by atoms with Gasteiger partial charge in [-0.3, -0.25) is 4.79 Å². The van der Waals surface area contributed by atoms with Crippen molar-refractivity contribution >= 4 is 5.91 Å². The van der Waals surface area contributed by atoms with Crippen molar-refractivity contribution in [3.8, 4) is 6.01 Å². The molecule has 2 aliphatic carbocycles. The average Bonchev–Trinajstić information content (AvgIpc) is 2.59. The van der Waals surface area contributed by atoms with Crippen molar-refractivity contribution in [3.05, 3.63) is 18.2 Å². The van der Waals surface area contributed by atoms with Crippen LogP contribution >= 0.6 is 0 Å². The van der Waals surface area contributed by atoms with E-state index in [0.717, 1.165) is 50.9 Å². The van der Waals surface area contributed by atoms with Crippen molar-refractivity contribution in [1.82, 2.24) is 15.3 Å². The Balaban J connectivity index is 1.41. The Morgan fingerprint density at radius 2 is 1.70 bits per heavy atom. The van der Waals surface area contributed by atoms with Crippen molar-refractivity contribution in [3.63, 3.8) is 0 Å². The molecular formula is C17H24FN3O2. The SMILES string of the molecule is O=C(NC1CCC(Oc2ncc(F)cn2)CC1)C1CCCCC1. The molecule has 0 aliphatic heterocycles. The molecule has 0 aromatic carbocycles. The van der Waals surface area contributed by atoms with E-state index in [9.17, 15) is 9.18 Å². The van der Waals surface area contributed by atoms with E-state index in [4.69, 9.17) is 4.74 Å². The number of halogens is 1. The molecule has 6 heteroatoms. The van der Waals surface area contributed by atoms with Crippen molar-refractivity contribution in [1.29, 1.82) is 0 Å². The first-order valence-electron chi connectivity index (χ1n) is 8.65. The van der Waals surface area contributed by atoms with Gasteiger partial charge in [0.05, 0.1) is 12.4 Å². The Labute approximate surface area is 136 Å². The quantitative estimate of drug-likeness (QED) is 0.926. The van der Waals surface area contributed by atoms with Gasteiger partial charge in [-0.2, -0.15) is 0 Å². The van der Waals surface area contributed by atoms with Crippen LogP contribution in [0.4, 0.5) is 4.39 Å². The molecule has 0 radical (unpaired) electrons. The van der Waals surface area contributed by atoms with Gasteiger partial charge in [0.15, 0.2) is 5.82 Å². The van der Waals surface area contributed by atoms with Crippen LogP contribution in [0.15, 0.2) is 12.4 Å². The third-order valence-electron chi connectivity index (χ3n) is 4.87. The van der Waals surface area contributed by atoms with Crippen molar-refractivity contribution < 1.29 is 13.9 Å². The standard InChI is InChI=1S/C17H24FN3O2/c18-13-10-19-17(20-11-13)23-15-8-6-14(7-9-15)21-16(22)12-4-2-1-3-5-12/h10-12,14-15H,1-9H2,(H,21,22). The summed E-state index contributed by atoms with van der Waals surface area (Å²) in [5.41, 5.74) is 0. The van der Waals surface area contributed by atoms with Crippen LogP contribution in [0.2, 0.25) is 0 Å². The second-order valence-electron chi connectivity index (χ2n) is 6.62. The third-order valence-corrected chi connectivity index (χ3v) is 4.87. The average molecular weight is 321 g/mol. The van der Waals surface area contributed by atoms with Gasteiger partial charge in [0.1, 0.15) is 6.10 Å². The van der Waals surface area contributed by atoms with Crippen LogP contribution in [0.5, 0.6) is 6.01 Å². The second-order valence-corrected chi connectivity index (χ2v) is 6.62. The molecule has 2 fully saturated rings. The maximum atomic E-state index is 12.8. The number of rotatable bonds is 4. The lowest BCUT2D eigenvalue weighted by atomic mass is 9.87. The largest absolute Gasteiger partial charge is 0.460 e. The Morgan fingerprint density at radius 3 is 2.35 bits per heavy atom. The van der Waals surface area contributed by atoms with Gasteiger partial charge in [0, 0.05) is 12.0 Å². The molecule has 2 saturated carbocycles. The molecule has 0 spiro atoms. The summed E-state index contributed by atoms with van der Waals surface area (Å²) in [6, 6.07) is 0.472. The zero-order valence-corrected chi connectivity index (χ0v) is 13.3. The van der Waals surface area contributed by atoms with E-state index in [-0.39, 0.29) is 30.0 Å². The molecule has 1 amide bonds. The maximum Gasteiger partial charge on any atom is 0.316 e. The molecule has 2 aliphatic rings. The number of carbonyl (C=O) groups excluding carboxylic acids is 1. The van der Waals surface area contributed by atoms with Crippen LogP contribution in [0, 0.1) is 11.7 Å². The number of hydrogen-bond acceptors (Lipinski definition) is 4. The molecule has 23 heavy (non-hydrogen) atoms. The predicted octanol–water partition coefficient (Wildman–Crippen LogP) is 3.00. The van der Waals surface area contributed by atoms with E-state index < -0.39 is 5.82 Å². The van der Waals surface area contributed by atoms with E-state index in [2.05, 4.69) is 15.3 Å². The topological polar surface area (TPSA) is 64.1 Å². The number of aromatic nitrogens is 2. The lowest BCUT2D eigenvalue weighted by Crippen LogP contribution is -2.42. The summed E-state index contributed by atoms with van der Waals surface area (Å²) in [7, 11) is 0. The van der Waals surface area contributed by atoms with Gasteiger partial charge in [0.25, 0.3) is 0 Å². The highest BCUT2D eigenvalue weighted by atomic mass is 19.1. The molecule has 3 rings (SSSR count). The minimum atomic E-state index is -0.466. The Hall–Kier alpha value is -1.72. The zero-order chi connectivity index (χ0) is 16.1. The van der Waals surface area contributed by atoms with Crippen LogP contribution < -0.4 is 10.1 Å². The minimum Gasteiger partial charge on any atom is -0.460 e. The smallest absolute Gasteiger partial charge is 0.316 e. The molecule has 126 valence electrons. The highest BCUT2D eigenvalue weighted by Gasteiger charge is 2.27. The van der Waals surface area contributed by atoms with E-state index in [0.29, 0.717) is 0 Å². The van der Waals surface area contributed by atoms with Gasteiger partial charge in [-0.15, -0.1) is 0 Å². The van der Waals surface area contributed by atoms with Crippen LogP contribution in [0.1, 0.15) is 57.8 Å². The zero-order valence-electron chi connectivity index (χ0n) is 13.3. The normalized spacial score (nSPS) is 25.8. The Morgan fingerprint density at radius 1 is 1.04 bits per heavy atom. The molecule has 1 N–H and O–H groups in total. The first-order chi connectivity index (χ1) is 11.2. The highest BCUT2D eigenvalue weighted by molar-refractivity contribution is 5.79. The number of hydrogen-bond donors (Lipinski definition) is 1. The number of nitrogens with zero attached hydrogens (tertiary/aromatic N) is 2. The highest BCUT2D eigenvalue weighted by Crippen LogP contribution is 2.26. The van der Waals surface area contributed by atoms with Gasteiger partial charge >= 0.3 is 6.01 Å². The summed E-state index contributed by atoms with van der Waals surface area (Å²) < 4.78 is 18.4. The summed E-state index contributed by atoms with van der Waals surface area (Å²) in [6.45, 7) is 0. The number of ether oxygens (including phenoxy) is 1. The van der Waals surface area contributed by atoms with Gasteiger partial charge in [-0.1, -0.05) is 19.3 Å². The fourth-order valence-corrected chi connectivity index (χ4v) is 3.52. The molecule has 0 unspecified atom stereocenters. The molecule has 0 atom stereocenters. The molecule has 1 aromatic heterocycles. The minimum absolute atomic E-state index is 0.0447. The lowest BCUT2D eigenvalue weighted by Gasteiger charge is -2.30. The predicted molar refractivity (Wildman–Crippen MR) is 83.4 cm³/mol. The van der Waals surface area contributed by atoms with E-state index in [1.807, 2.05) is 0 Å². The molecule has 0 bridgehead atoms. The summed E-state index contributed by atoms with van der Waals surface area (Å²) in [5.74, 6) is -0.0206. The van der Waals surface area contributed by atoms with E-state index in [1.54, 1.807) is 0 Å². The molecular weight excluding hydrogens is 297 g/mol. The van der Waals surface area contributed by atoms with Gasteiger partial charge in [-0.05, 0) is 38.5 Å². The summed E-state index contributed by atoms with van der Waals surface area (Å²) in [5, 5.41) is 3.21. The Kier molecular flexibility index (Phi) is 5.41. The summed E-state index contributed by atoms with van der Waals surface area (Å²) in [6.07, 6.45) is 11.5. The summed E-state index contributed by atoms with van der Waals surface area (Å²) in [4.78, 5) is 19.9. The molecule has 1 heterocycles. The lowest BCUT2D eigenvalue weighted by molar-refractivity contribution is -0.127. The monoisotopic (exact) mass is 321 g/mol. The van der Waals surface area contributed by atoms with E-state index in [1.165, 1.54) is 19.3 Å². The Bertz CT molecular complexity index is 509. The van der Waals surface area contributed by atoms with Crippen molar-refractivity contribution in [2.24, 2.45) is 5.92 Å². The number of carbonyl (C=O) groups is 1. The summed E-state index contributed by atoms with van der Waals surface area (Å²) >= 11 is 0. The number of nitrogens with one attached hydrogen (secondary N) is 1. The van der Waals surface area contributed by atoms with Crippen LogP contribution in [-0.2, 0) is 4.79 Å². The molecule has 0 saturated heterocycles. The van der Waals surface area contributed by atoms with Crippen molar-refractivity contribution in [2.75, 3.05) is 0 Å². The first kappa shape index (κ1) is 16.1. The van der Waals surface area contributed by atoms with Gasteiger partial charge in [-0.25, -0.2) is 14.4 Å². The molecule has 5 nitrogen and oxygen atoms in total. The fourth-order valence-electron chi connectivity index (χ4n) is 3.52.